The van der Waals surface area contributed by atoms with Gasteiger partial charge in [0, 0.05) is 25.7 Å². The van der Waals surface area contributed by atoms with Gasteiger partial charge >= 0.3 is 0 Å². The Morgan fingerprint density at radius 2 is 2.50 bits per heavy atom. The Bertz CT molecular complexity index is 552. The molecule has 0 radical (unpaired) electrons. The van der Waals surface area contributed by atoms with E-state index in [0.717, 1.165) is 37.5 Å². The van der Waals surface area contributed by atoms with E-state index in [1.165, 1.54) is 0 Å². The third-order valence-electron chi connectivity index (χ3n) is 3.01. The first-order valence-electron chi connectivity index (χ1n) is 5.47. The van der Waals surface area contributed by atoms with Gasteiger partial charge in [-0.3, -0.25) is 9.89 Å². The molecule has 0 spiro atoms. The summed E-state index contributed by atoms with van der Waals surface area (Å²) in [6, 6.07) is 5.14. The summed E-state index contributed by atoms with van der Waals surface area (Å²) in [4.78, 5) is 11.7. The lowest BCUT2D eigenvalue weighted by atomic mass is 10.1. The average Bonchev–Trinajstić information content (AvgIpc) is 2.90. The highest BCUT2D eigenvalue weighted by Gasteiger charge is 2.19. The summed E-state index contributed by atoms with van der Waals surface area (Å²) in [7, 11) is 0. The number of hydrogen-bond donors (Lipinski definition) is 1. The summed E-state index contributed by atoms with van der Waals surface area (Å²) >= 11 is 0. The molecule has 84 valence electrons. The molecule has 0 saturated carbocycles. The maximum Gasteiger partial charge on any atom is 0.257 e. The number of H-pyrrole nitrogens is 1. The van der Waals surface area contributed by atoms with Crippen molar-refractivity contribution in [1.29, 1.82) is 0 Å². The molecule has 0 bridgehead atoms. The van der Waals surface area contributed by atoms with Gasteiger partial charge in [0.25, 0.3) is 5.56 Å². The number of hydrogen-bond acceptors (Lipinski definition) is 3. The van der Waals surface area contributed by atoms with Crippen molar-refractivity contribution in [3.63, 3.8) is 0 Å². The largest absolute Gasteiger partial charge is 0.381 e. The van der Waals surface area contributed by atoms with Crippen LogP contribution in [0.5, 0.6) is 0 Å². The molecular formula is C11H13N3O2. The summed E-state index contributed by atoms with van der Waals surface area (Å²) in [6.07, 6.45) is 1.85. The molecule has 2 aromatic rings. The quantitative estimate of drug-likeness (QED) is 0.804. The van der Waals surface area contributed by atoms with Gasteiger partial charge < -0.3 is 4.74 Å². The van der Waals surface area contributed by atoms with Gasteiger partial charge in [-0.05, 0) is 18.4 Å². The molecule has 0 aliphatic carbocycles. The fourth-order valence-electron chi connectivity index (χ4n) is 2.15. The molecule has 2 aromatic heterocycles. The molecule has 3 rings (SSSR count). The number of aromatic amines is 1. The van der Waals surface area contributed by atoms with Crippen LogP contribution in [0.25, 0.3) is 5.65 Å². The van der Waals surface area contributed by atoms with Crippen LogP contribution >= 0.6 is 0 Å². The standard InChI is InChI=1S/C11H13N3O2/c15-11-3-1-2-9-12-13-10(14(9)11)6-8-4-5-16-7-8/h1-3,8,12H,4-7H2. The number of fused-ring (bicyclic) bond motifs is 1. The molecule has 1 aliphatic heterocycles. The fourth-order valence-corrected chi connectivity index (χ4v) is 2.15. The number of nitrogens with zero attached hydrogens (tertiary/aromatic N) is 2. The summed E-state index contributed by atoms with van der Waals surface area (Å²) in [6.45, 7) is 1.60. The number of aromatic nitrogens is 3. The fraction of sp³-hybridized carbons (Fsp3) is 0.455. The molecular weight excluding hydrogens is 206 g/mol. The first-order chi connectivity index (χ1) is 7.84. The van der Waals surface area contributed by atoms with Crippen molar-refractivity contribution in [3.05, 3.63) is 34.4 Å². The van der Waals surface area contributed by atoms with E-state index in [9.17, 15) is 4.79 Å². The SMILES string of the molecule is O=c1cccc2[nH]nc(CC3CCOC3)n12. The number of ether oxygens (including phenoxy) is 1. The molecule has 1 aliphatic rings. The zero-order valence-electron chi connectivity index (χ0n) is 8.85. The minimum atomic E-state index is -0.0276. The highest BCUT2D eigenvalue weighted by Crippen LogP contribution is 2.16. The van der Waals surface area contributed by atoms with Crippen LogP contribution < -0.4 is 5.56 Å². The Balaban J connectivity index is 2.00. The van der Waals surface area contributed by atoms with Gasteiger partial charge in [0.2, 0.25) is 0 Å². The smallest absolute Gasteiger partial charge is 0.257 e. The van der Waals surface area contributed by atoms with E-state index in [-0.39, 0.29) is 5.56 Å². The van der Waals surface area contributed by atoms with Gasteiger partial charge in [-0.15, -0.1) is 0 Å². The Morgan fingerprint density at radius 3 is 3.31 bits per heavy atom. The third-order valence-corrected chi connectivity index (χ3v) is 3.01. The van der Waals surface area contributed by atoms with Crippen LogP contribution in [0.1, 0.15) is 12.2 Å². The molecule has 1 saturated heterocycles. The van der Waals surface area contributed by atoms with E-state index in [0.29, 0.717) is 5.92 Å². The zero-order chi connectivity index (χ0) is 11.0. The molecule has 16 heavy (non-hydrogen) atoms. The predicted molar refractivity (Wildman–Crippen MR) is 58.4 cm³/mol. The number of rotatable bonds is 2. The van der Waals surface area contributed by atoms with Crippen LogP contribution in [0.4, 0.5) is 0 Å². The van der Waals surface area contributed by atoms with Crippen LogP contribution in [-0.2, 0) is 11.2 Å². The summed E-state index contributed by atoms with van der Waals surface area (Å²) in [5, 5.41) is 7.08. The van der Waals surface area contributed by atoms with Crippen molar-refractivity contribution in [3.8, 4) is 0 Å². The van der Waals surface area contributed by atoms with Crippen LogP contribution in [0.15, 0.2) is 23.0 Å². The van der Waals surface area contributed by atoms with E-state index in [4.69, 9.17) is 4.74 Å². The lowest BCUT2D eigenvalue weighted by Gasteiger charge is -2.04. The van der Waals surface area contributed by atoms with E-state index in [1.807, 2.05) is 6.07 Å². The monoisotopic (exact) mass is 219 g/mol. The van der Waals surface area contributed by atoms with Crippen LogP contribution in [-0.4, -0.2) is 27.8 Å². The molecule has 0 aromatic carbocycles. The Labute approximate surface area is 92.1 Å². The van der Waals surface area contributed by atoms with E-state index in [1.54, 1.807) is 16.5 Å². The molecule has 5 heteroatoms. The normalized spacial score (nSPS) is 20.6. The van der Waals surface area contributed by atoms with Crippen molar-refractivity contribution in [2.75, 3.05) is 13.2 Å². The lowest BCUT2D eigenvalue weighted by Crippen LogP contribution is -2.16. The van der Waals surface area contributed by atoms with Crippen molar-refractivity contribution in [1.82, 2.24) is 14.6 Å². The highest BCUT2D eigenvalue weighted by atomic mass is 16.5. The Morgan fingerprint density at radius 1 is 1.56 bits per heavy atom. The summed E-state index contributed by atoms with van der Waals surface area (Å²) in [5.41, 5.74) is 0.724. The third kappa shape index (κ3) is 1.53. The van der Waals surface area contributed by atoms with Gasteiger partial charge in [0.05, 0.1) is 0 Å². The molecule has 1 fully saturated rings. The summed E-state index contributed by atoms with van der Waals surface area (Å²) in [5.74, 6) is 1.29. The lowest BCUT2D eigenvalue weighted by molar-refractivity contribution is 0.185. The second-order valence-corrected chi connectivity index (χ2v) is 4.16. The molecule has 1 unspecified atom stereocenters. The Hall–Kier alpha value is -1.62. The molecule has 1 N–H and O–H groups in total. The van der Waals surface area contributed by atoms with Gasteiger partial charge in [0.15, 0.2) is 0 Å². The van der Waals surface area contributed by atoms with Crippen molar-refractivity contribution in [2.24, 2.45) is 5.92 Å². The molecule has 5 nitrogen and oxygen atoms in total. The highest BCUT2D eigenvalue weighted by molar-refractivity contribution is 5.37. The van der Waals surface area contributed by atoms with E-state index >= 15 is 0 Å². The minimum absolute atomic E-state index is 0.0276. The second kappa shape index (κ2) is 3.75. The van der Waals surface area contributed by atoms with Gasteiger partial charge in [0.1, 0.15) is 11.5 Å². The number of nitrogens with one attached hydrogen (secondary N) is 1. The zero-order valence-corrected chi connectivity index (χ0v) is 8.85. The maximum atomic E-state index is 11.7. The van der Waals surface area contributed by atoms with Crippen LogP contribution in [0.3, 0.4) is 0 Å². The minimum Gasteiger partial charge on any atom is -0.381 e. The van der Waals surface area contributed by atoms with Crippen molar-refractivity contribution < 1.29 is 4.74 Å². The molecule has 3 heterocycles. The van der Waals surface area contributed by atoms with Crippen LogP contribution in [0.2, 0.25) is 0 Å². The number of pyridine rings is 1. The van der Waals surface area contributed by atoms with Crippen LogP contribution in [0, 0.1) is 5.92 Å². The van der Waals surface area contributed by atoms with Crippen molar-refractivity contribution in [2.45, 2.75) is 12.8 Å². The van der Waals surface area contributed by atoms with E-state index in [2.05, 4.69) is 10.2 Å². The topological polar surface area (TPSA) is 59.4 Å². The van der Waals surface area contributed by atoms with Crippen molar-refractivity contribution >= 4 is 5.65 Å². The first kappa shape index (κ1) is 9.59. The predicted octanol–water partition coefficient (Wildman–Crippen LogP) is 0.602. The average molecular weight is 219 g/mol. The van der Waals surface area contributed by atoms with Gasteiger partial charge in [-0.2, -0.15) is 5.10 Å². The summed E-state index contributed by atoms with van der Waals surface area (Å²) < 4.78 is 6.96. The molecule has 1 atom stereocenters. The Kier molecular flexibility index (Phi) is 2.25. The van der Waals surface area contributed by atoms with E-state index < -0.39 is 0 Å². The van der Waals surface area contributed by atoms with Gasteiger partial charge in [-0.1, -0.05) is 6.07 Å². The maximum absolute atomic E-state index is 11.7. The van der Waals surface area contributed by atoms with Gasteiger partial charge in [-0.25, -0.2) is 4.40 Å². The molecule has 0 amide bonds. The second-order valence-electron chi connectivity index (χ2n) is 4.16. The first-order valence-corrected chi connectivity index (χ1v) is 5.47.